The molecular formula is C25H22N4O4S. The number of nitrogens with zero attached hydrogens (tertiary/aromatic N) is 3. The summed E-state index contributed by atoms with van der Waals surface area (Å²) in [7, 11) is 1.63. The fourth-order valence-electron chi connectivity index (χ4n) is 3.54. The number of rotatable bonds is 7. The van der Waals surface area contributed by atoms with Crippen LogP contribution in [0.15, 0.2) is 71.9 Å². The summed E-state index contributed by atoms with van der Waals surface area (Å²) in [6, 6.07) is 21.1. The number of nitrogens with one attached hydrogen (secondary N) is 1. The molecule has 0 radical (unpaired) electrons. The van der Waals surface area contributed by atoms with E-state index in [0.29, 0.717) is 28.2 Å². The number of anilines is 1. The Hall–Kier alpha value is -3.98. The Balaban J connectivity index is 1.39. The number of hydrogen-bond acceptors (Lipinski definition) is 7. The van der Waals surface area contributed by atoms with E-state index >= 15 is 0 Å². The molecule has 34 heavy (non-hydrogen) atoms. The molecule has 0 spiro atoms. The molecule has 1 aliphatic rings. The smallest absolute Gasteiger partial charge is 0.234 e. The van der Waals surface area contributed by atoms with Gasteiger partial charge in [0, 0.05) is 23.0 Å². The summed E-state index contributed by atoms with van der Waals surface area (Å²) >= 11 is 1.31. The highest BCUT2D eigenvalue weighted by atomic mass is 32.2. The van der Waals surface area contributed by atoms with E-state index in [9.17, 15) is 4.79 Å². The van der Waals surface area contributed by atoms with Gasteiger partial charge < -0.3 is 19.5 Å². The lowest BCUT2D eigenvalue weighted by Crippen LogP contribution is -2.14. The van der Waals surface area contributed by atoms with Gasteiger partial charge in [0.1, 0.15) is 5.75 Å². The number of amides is 1. The molecule has 8 nitrogen and oxygen atoms in total. The van der Waals surface area contributed by atoms with Crippen molar-refractivity contribution in [1.82, 2.24) is 14.8 Å². The van der Waals surface area contributed by atoms with E-state index in [1.54, 1.807) is 25.3 Å². The largest absolute Gasteiger partial charge is 0.497 e. The summed E-state index contributed by atoms with van der Waals surface area (Å²) in [5.41, 5.74) is 3.57. The minimum absolute atomic E-state index is 0.162. The van der Waals surface area contributed by atoms with Gasteiger partial charge in [-0.3, -0.25) is 9.36 Å². The fraction of sp³-hybridized carbons (Fsp3) is 0.160. The number of aromatic nitrogens is 3. The number of benzene rings is 3. The highest BCUT2D eigenvalue weighted by molar-refractivity contribution is 7.99. The van der Waals surface area contributed by atoms with E-state index in [1.807, 2.05) is 60.0 Å². The van der Waals surface area contributed by atoms with Crippen LogP contribution in [-0.4, -0.2) is 40.3 Å². The summed E-state index contributed by atoms with van der Waals surface area (Å²) in [5, 5.41) is 12.3. The maximum atomic E-state index is 12.7. The third kappa shape index (κ3) is 4.55. The summed E-state index contributed by atoms with van der Waals surface area (Å²) < 4.78 is 18.0. The van der Waals surface area contributed by atoms with Crippen LogP contribution < -0.4 is 19.5 Å². The molecule has 2 heterocycles. The van der Waals surface area contributed by atoms with Crippen LogP contribution in [0.3, 0.4) is 0 Å². The molecule has 1 amide bonds. The van der Waals surface area contributed by atoms with Gasteiger partial charge in [-0.15, -0.1) is 10.2 Å². The summed E-state index contributed by atoms with van der Waals surface area (Å²) in [6.45, 7) is 2.22. The standard InChI is InChI=1S/C25H22N4O4S/c1-16-6-9-19(10-7-16)29-24(17-4-3-5-20(12-17)31-2)27-28-25(29)34-14-23(30)26-18-8-11-21-22(13-18)33-15-32-21/h3-13H,14-15H2,1-2H3,(H,26,30). The Bertz CT molecular complexity index is 1340. The zero-order chi connectivity index (χ0) is 23.5. The van der Waals surface area contributed by atoms with Crippen molar-refractivity contribution in [2.24, 2.45) is 0 Å². The van der Waals surface area contributed by atoms with Gasteiger partial charge in [-0.25, -0.2) is 0 Å². The Labute approximate surface area is 200 Å². The Kier molecular flexibility index (Phi) is 6.09. The quantitative estimate of drug-likeness (QED) is 0.388. The van der Waals surface area contributed by atoms with Crippen LogP contribution in [-0.2, 0) is 4.79 Å². The number of hydrogen-bond donors (Lipinski definition) is 1. The number of carbonyl (C=O) groups excluding carboxylic acids is 1. The average molecular weight is 475 g/mol. The molecule has 0 saturated carbocycles. The van der Waals surface area contributed by atoms with E-state index < -0.39 is 0 Å². The molecule has 5 rings (SSSR count). The lowest BCUT2D eigenvalue weighted by Gasteiger charge is -2.11. The van der Waals surface area contributed by atoms with Gasteiger partial charge in [0.05, 0.1) is 12.9 Å². The van der Waals surface area contributed by atoms with Crippen LogP contribution in [0.1, 0.15) is 5.56 Å². The maximum absolute atomic E-state index is 12.7. The van der Waals surface area contributed by atoms with E-state index in [2.05, 4.69) is 15.5 Å². The number of thioether (sulfide) groups is 1. The van der Waals surface area contributed by atoms with Crippen molar-refractivity contribution in [2.45, 2.75) is 12.1 Å². The maximum Gasteiger partial charge on any atom is 0.234 e. The van der Waals surface area contributed by atoms with Gasteiger partial charge in [-0.05, 0) is 43.3 Å². The van der Waals surface area contributed by atoms with Crippen LogP contribution >= 0.6 is 11.8 Å². The van der Waals surface area contributed by atoms with Gasteiger partial charge >= 0.3 is 0 Å². The van der Waals surface area contributed by atoms with Crippen LogP contribution in [0, 0.1) is 6.92 Å². The first-order chi connectivity index (χ1) is 16.6. The van der Waals surface area contributed by atoms with E-state index in [0.717, 1.165) is 22.6 Å². The van der Waals surface area contributed by atoms with Crippen molar-refractivity contribution in [1.29, 1.82) is 0 Å². The highest BCUT2D eigenvalue weighted by Gasteiger charge is 2.19. The molecule has 0 aliphatic carbocycles. The van der Waals surface area contributed by atoms with Gasteiger partial charge in [-0.1, -0.05) is 41.6 Å². The predicted octanol–water partition coefficient (Wildman–Crippen LogP) is 4.71. The summed E-state index contributed by atoms with van der Waals surface area (Å²) in [5.74, 6) is 2.69. The molecule has 0 fully saturated rings. The van der Waals surface area contributed by atoms with Crippen molar-refractivity contribution >= 4 is 23.4 Å². The lowest BCUT2D eigenvalue weighted by atomic mass is 10.2. The van der Waals surface area contributed by atoms with Crippen molar-refractivity contribution in [3.63, 3.8) is 0 Å². The first-order valence-electron chi connectivity index (χ1n) is 10.6. The van der Waals surface area contributed by atoms with Crippen molar-refractivity contribution < 1.29 is 19.0 Å². The summed E-state index contributed by atoms with van der Waals surface area (Å²) in [6.07, 6.45) is 0. The van der Waals surface area contributed by atoms with Crippen molar-refractivity contribution in [3.05, 3.63) is 72.3 Å². The molecule has 9 heteroatoms. The zero-order valence-electron chi connectivity index (χ0n) is 18.6. The molecule has 0 unspecified atom stereocenters. The number of methoxy groups -OCH3 is 1. The fourth-order valence-corrected chi connectivity index (χ4v) is 4.29. The Morgan fingerprint density at radius 1 is 1.06 bits per heavy atom. The molecule has 0 atom stereocenters. The van der Waals surface area contributed by atoms with Crippen LogP contribution in [0.25, 0.3) is 17.1 Å². The van der Waals surface area contributed by atoms with Gasteiger partial charge in [-0.2, -0.15) is 0 Å². The van der Waals surface area contributed by atoms with Crippen molar-refractivity contribution in [3.8, 4) is 34.3 Å². The third-order valence-corrected chi connectivity index (χ3v) is 6.17. The Morgan fingerprint density at radius 3 is 2.71 bits per heavy atom. The molecule has 1 aliphatic heterocycles. The molecule has 0 bridgehead atoms. The molecule has 1 aromatic heterocycles. The van der Waals surface area contributed by atoms with Gasteiger partial charge in [0.2, 0.25) is 12.7 Å². The average Bonchev–Trinajstić information content (AvgIpc) is 3.50. The lowest BCUT2D eigenvalue weighted by molar-refractivity contribution is -0.113. The normalized spacial score (nSPS) is 11.9. The Morgan fingerprint density at radius 2 is 1.88 bits per heavy atom. The minimum atomic E-state index is -0.162. The summed E-state index contributed by atoms with van der Waals surface area (Å²) in [4.78, 5) is 12.7. The molecule has 172 valence electrons. The SMILES string of the molecule is COc1cccc(-c2nnc(SCC(=O)Nc3ccc4c(c3)OCO4)n2-c2ccc(C)cc2)c1. The monoisotopic (exact) mass is 474 g/mol. The number of fused-ring (bicyclic) bond motifs is 1. The molecular weight excluding hydrogens is 452 g/mol. The molecule has 1 N–H and O–H groups in total. The van der Waals surface area contributed by atoms with Crippen LogP contribution in [0.5, 0.6) is 17.2 Å². The number of aryl methyl sites for hydroxylation is 1. The van der Waals surface area contributed by atoms with Gasteiger partial charge in [0.25, 0.3) is 0 Å². The first kappa shape index (κ1) is 21.8. The van der Waals surface area contributed by atoms with Crippen molar-refractivity contribution in [2.75, 3.05) is 25.0 Å². The second kappa shape index (κ2) is 9.48. The second-order valence-corrected chi connectivity index (χ2v) is 8.56. The zero-order valence-corrected chi connectivity index (χ0v) is 19.5. The molecule has 3 aromatic carbocycles. The van der Waals surface area contributed by atoms with E-state index in [1.165, 1.54) is 11.8 Å². The first-order valence-corrected chi connectivity index (χ1v) is 11.6. The predicted molar refractivity (Wildman–Crippen MR) is 130 cm³/mol. The third-order valence-electron chi connectivity index (χ3n) is 5.24. The minimum Gasteiger partial charge on any atom is -0.497 e. The van der Waals surface area contributed by atoms with E-state index in [-0.39, 0.29) is 18.5 Å². The topological polar surface area (TPSA) is 87.5 Å². The van der Waals surface area contributed by atoms with E-state index in [4.69, 9.17) is 14.2 Å². The van der Waals surface area contributed by atoms with Gasteiger partial charge in [0.15, 0.2) is 22.5 Å². The highest BCUT2D eigenvalue weighted by Crippen LogP contribution is 2.34. The van der Waals surface area contributed by atoms with Crippen LogP contribution in [0.4, 0.5) is 5.69 Å². The molecule has 4 aromatic rings. The second-order valence-electron chi connectivity index (χ2n) is 7.61. The number of carbonyl (C=O) groups is 1. The van der Waals surface area contributed by atoms with Crippen LogP contribution in [0.2, 0.25) is 0 Å². The molecule has 0 saturated heterocycles. The number of ether oxygens (including phenoxy) is 3.